The number of rotatable bonds is 4. The highest BCUT2D eigenvalue weighted by atomic mass is 16.2. The first kappa shape index (κ1) is 17.3. The van der Waals surface area contributed by atoms with Crippen molar-refractivity contribution in [2.24, 2.45) is 7.05 Å². The van der Waals surface area contributed by atoms with E-state index >= 15 is 0 Å². The molecule has 5 nitrogen and oxygen atoms in total. The maximum atomic E-state index is 13.0. The summed E-state index contributed by atoms with van der Waals surface area (Å²) in [5.74, 6) is 0.0738. The van der Waals surface area contributed by atoms with Crippen molar-refractivity contribution in [3.63, 3.8) is 0 Å². The Bertz CT molecular complexity index is 752. The summed E-state index contributed by atoms with van der Waals surface area (Å²) in [5, 5.41) is 3.01. The monoisotopic (exact) mass is 339 g/mol. The Morgan fingerprint density at radius 1 is 1.16 bits per heavy atom. The highest BCUT2D eigenvalue weighted by molar-refractivity contribution is 5.94. The van der Waals surface area contributed by atoms with Gasteiger partial charge in [-0.2, -0.15) is 0 Å². The number of aromatic nitrogens is 1. The Balaban J connectivity index is 1.75. The predicted molar refractivity (Wildman–Crippen MR) is 98.2 cm³/mol. The second-order valence-electron chi connectivity index (χ2n) is 6.54. The summed E-state index contributed by atoms with van der Waals surface area (Å²) in [6.45, 7) is 3.16. The number of piperidine rings is 1. The van der Waals surface area contributed by atoms with E-state index in [-0.39, 0.29) is 17.9 Å². The van der Waals surface area contributed by atoms with E-state index in [9.17, 15) is 9.59 Å². The van der Waals surface area contributed by atoms with E-state index in [0.717, 1.165) is 30.6 Å². The summed E-state index contributed by atoms with van der Waals surface area (Å²) in [5.41, 5.74) is 2.80. The molecule has 1 aliphatic heterocycles. The van der Waals surface area contributed by atoms with Crippen LogP contribution < -0.4 is 5.32 Å². The average Bonchev–Trinajstić information content (AvgIpc) is 3.03. The SMILES string of the molecule is CCC(=O)N[C@@H]1CCCN(C(=O)c2ccc(-c3ccccc3)n2C)C1. The molecule has 25 heavy (non-hydrogen) atoms. The molecule has 1 N–H and O–H groups in total. The van der Waals surface area contributed by atoms with Crippen molar-refractivity contribution < 1.29 is 9.59 Å². The second-order valence-corrected chi connectivity index (χ2v) is 6.54. The molecular weight excluding hydrogens is 314 g/mol. The van der Waals surface area contributed by atoms with Gasteiger partial charge < -0.3 is 14.8 Å². The topological polar surface area (TPSA) is 54.3 Å². The Morgan fingerprint density at radius 3 is 2.64 bits per heavy atom. The summed E-state index contributed by atoms with van der Waals surface area (Å²) in [6, 6.07) is 14.0. The van der Waals surface area contributed by atoms with E-state index in [1.54, 1.807) is 0 Å². The van der Waals surface area contributed by atoms with Crippen LogP contribution in [0.1, 0.15) is 36.7 Å². The molecule has 3 rings (SSSR count). The minimum atomic E-state index is 0.0279. The van der Waals surface area contributed by atoms with Crippen LogP contribution in [-0.4, -0.2) is 40.4 Å². The lowest BCUT2D eigenvalue weighted by atomic mass is 10.1. The zero-order chi connectivity index (χ0) is 17.8. The van der Waals surface area contributed by atoms with Crippen molar-refractivity contribution in [2.75, 3.05) is 13.1 Å². The summed E-state index contributed by atoms with van der Waals surface area (Å²) < 4.78 is 1.95. The molecule has 0 unspecified atom stereocenters. The van der Waals surface area contributed by atoms with Crippen molar-refractivity contribution in [3.8, 4) is 11.3 Å². The molecule has 5 heteroatoms. The number of nitrogens with zero attached hydrogens (tertiary/aromatic N) is 2. The lowest BCUT2D eigenvalue weighted by molar-refractivity contribution is -0.121. The lowest BCUT2D eigenvalue weighted by Gasteiger charge is -2.33. The van der Waals surface area contributed by atoms with E-state index in [0.29, 0.717) is 18.7 Å². The van der Waals surface area contributed by atoms with E-state index < -0.39 is 0 Å². The molecule has 0 bridgehead atoms. The van der Waals surface area contributed by atoms with Gasteiger partial charge in [-0.3, -0.25) is 9.59 Å². The molecule has 132 valence electrons. The van der Waals surface area contributed by atoms with Crippen molar-refractivity contribution in [1.29, 1.82) is 0 Å². The number of amides is 2. The zero-order valence-corrected chi connectivity index (χ0v) is 14.9. The van der Waals surface area contributed by atoms with Gasteiger partial charge in [-0.1, -0.05) is 37.3 Å². The maximum absolute atomic E-state index is 13.0. The van der Waals surface area contributed by atoms with Crippen LogP contribution in [0.4, 0.5) is 0 Å². The van der Waals surface area contributed by atoms with Crippen molar-refractivity contribution in [3.05, 3.63) is 48.2 Å². The fourth-order valence-electron chi connectivity index (χ4n) is 3.40. The maximum Gasteiger partial charge on any atom is 0.270 e. The van der Waals surface area contributed by atoms with Crippen LogP contribution >= 0.6 is 0 Å². The molecule has 1 fully saturated rings. The molecule has 1 saturated heterocycles. The third kappa shape index (κ3) is 3.76. The summed E-state index contributed by atoms with van der Waals surface area (Å²) in [7, 11) is 1.93. The normalized spacial score (nSPS) is 17.4. The molecular formula is C20H25N3O2. The number of hydrogen-bond donors (Lipinski definition) is 1. The molecule has 2 aromatic rings. The highest BCUT2D eigenvalue weighted by Gasteiger charge is 2.27. The van der Waals surface area contributed by atoms with Crippen LogP contribution in [-0.2, 0) is 11.8 Å². The second kappa shape index (κ2) is 7.55. The minimum Gasteiger partial charge on any atom is -0.352 e. The van der Waals surface area contributed by atoms with Gasteiger partial charge in [0.05, 0.1) is 0 Å². The third-order valence-electron chi connectivity index (χ3n) is 4.81. The minimum absolute atomic E-state index is 0.0279. The molecule has 2 amide bonds. The van der Waals surface area contributed by atoms with Gasteiger partial charge in [-0.15, -0.1) is 0 Å². The van der Waals surface area contributed by atoms with Crippen molar-refractivity contribution >= 4 is 11.8 Å². The first-order valence-electron chi connectivity index (χ1n) is 8.90. The van der Waals surface area contributed by atoms with Gasteiger partial charge in [0.25, 0.3) is 5.91 Å². The largest absolute Gasteiger partial charge is 0.352 e. The summed E-state index contributed by atoms with van der Waals surface area (Å²) >= 11 is 0. The van der Waals surface area contributed by atoms with Crippen LogP contribution in [0.2, 0.25) is 0 Å². The number of carbonyl (C=O) groups excluding carboxylic acids is 2. The Labute approximate surface area is 148 Å². The summed E-state index contributed by atoms with van der Waals surface area (Å²) in [4.78, 5) is 26.4. The third-order valence-corrected chi connectivity index (χ3v) is 4.81. The van der Waals surface area contributed by atoms with Gasteiger partial charge in [-0.05, 0) is 30.5 Å². The molecule has 0 saturated carbocycles. The van der Waals surface area contributed by atoms with Gasteiger partial charge in [0.2, 0.25) is 5.91 Å². The molecule has 1 atom stereocenters. The van der Waals surface area contributed by atoms with Crippen LogP contribution in [0.25, 0.3) is 11.3 Å². The van der Waals surface area contributed by atoms with E-state index in [2.05, 4.69) is 5.32 Å². The van der Waals surface area contributed by atoms with Gasteiger partial charge in [0.1, 0.15) is 5.69 Å². The standard InChI is InChI=1S/C20H25N3O2/c1-3-19(24)21-16-10-7-13-23(14-16)20(25)18-12-11-17(22(18)2)15-8-5-4-6-9-15/h4-6,8-9,11-12,16H,3,7,10,13-14H2,1-2H3,(H,21,24)/t16-/m1/s1. The van der Waals surface area contributed by atoms with Gasteiger partial charge in [0.15, 0.2) is 0 Å². The quantitative estimate of drug-likeness (QED) is 0.931. The fraction of sp³-hybridized carbons (Fsp3) is 0.400. The molecule has 2 heterocycles. The van der Waals surface area contributed by atoms with Crippen LogP contribution in [0.15, 0.2) is 42.5 Å². The Hall–Kier alpha value is -2.56. The number of hydrogen-bond acceptors (Lipinski definition) is 2. The van der Waals surface area contributed by atoms with E-state index in [4.69, 9.17) is 0 Å². The molecule has 0 spiro atoms. The Morgan fingerprint density at radius 2 is 1.92 bits per heavy atom. The first-order valence-corrected chi connectivity index (χ1v) is 8.90. The zero-order valence-electron chi connectivity index (χ0n) is 14.9. The van der Waals surface area contributed by atoms with Crippen LogP contribution in [0.5, 0.6) is 0 Å². The smallest absolute Gasteiger partial charge is 0.270 e. The van der Waals surface area contributed by atoms with Crippen LogP contribution in [0.3, 0.4) is 0 Å². The number of carbonyl (C=O) groups is 2. The molecule has 1 aromatic carbocycles. The number of likely N-dealkylation sites (tertiary alicyclic amines) is 1. The predicted octanol–water partition coefficient (Wildman–Crippen LogP) is 2.82. The van der Waals surface area contributed by atoms with Crippen molar-refractivity contribution in [1.82, 2.24) is 14.8 Å². The molecule has 1 aliphatic rings. The number of nitrogens with one attached hydrogen (secondary N) is 1. The molecule has 0 radical (unpaired) electrons. The lowest BCUT2D eigenvalue weighted by Crippen LogP contribution is -2.49. The molecule has 0 aliphatic carbocycles. The van der Waals surface area contributed by atoms with Gasteiger partial charge in [-0.25, -0.2) is 0 Å². The first-order chi connectivity index (χ1) is 12.1. The van der Waals surface area contributed by atoms with Crippen LogP contribution in [0, 0.1) is 0 Å². The summed E-state index contributed by atoms with van der Waals surface area (Å²) in [6.07, 6.45) is 2.32. The average molecular weight is 339 g/mol. The fourth-order valence-corrected chi connectivity index (χ4v) is 3.40. The van der Waals surface area contributed by atoms with E-state index in [1.807, 2.05) is 65.9 Å². The van der Waals surface area contributed by atoms with E-state index in [1.165, 1.54) is 0 Å². The number of benzene rings is 1. The van der Waals surface area contributed by atoms with Crippen molar-refractivity contribution in [2.45, 2.75) is 32.2 Å². The highest BCUT2D eigenvalue weighted by Crippen LogP contribution is 2.23. The van der Waals surface area contributed by atoms with Gasteiger partial charge >= 0.3 is 0 Å². The Kier molecular flexibility index (Phi) is 5.22. The van der Waals surface area contributed by atoms with Gasteiger partial charge in [0, 0.05) is 38.3 Å². The molecule has 1 aromatic heterocycles.